The van der Waals surface area contributed by atoms with E-state index in [1.54, 1.807) is 24.3 Å². The molecule has 3 rings (SSSR count). The van der Waals surface area contributed by atoms with Crippen molar-refractivity contribution in [3.05, 3.63) is 75.1 Å². The van der Waals surface area contributed by atoms with Crippen LogP contribution in [0.3, 0.4) is 0 Å². The number of thioether (sulfide) groups is 1. The lowest BCUT2D eigenvalue weighted by Crippen LogP contribution is -2.41. The van der Waals surface area contributed by atoms with Gasteiger partial charge in [-0.3, -0.25) is 30.1 Å². The molecule has 9 heteroatoms. The maximum atomic E-state index is 12.6. The van der Waals surface area contributed by atoms with Crippen LogP contribution in [0.4, 0.5) is 0 Å². The summed E-state index contributed by atoms with van der Waals surface area (Å²) in [5, 5.41) is 0.519. The summed E-state index contributed by atoms with van der Waals surface area (Å²) in [5.74, 6) is -0.960. The molecule has 0 unspecified atom stereocenters. The molecule has 0 atom stereocenters. The Morgan fingerprint density at radius 3 is 2.45 bits per heavy atom. The first-order chi connectivity index (χ1) is 14.8. The third kappa shape index (κ3) is 6.40. The standard InChI is InChI=1S/C22H20ClN3O3S2/c1-14-4-6-15(7-5-14)13-18-21(29)26(22(30)31-18)12-2-3-19(27)24-25-20(28)16-8-10-17(23)11-9-16/h4-11,13H,2-3,12H2,1H3,(H,24,27)(H,25,28)/b18-13-. The lowest BCUT2D eigenvalue weighted by Gasteiger charge is -2.14. The fourth-order valence-electron chi connectivity index (χ4n) is 2.77. The van der Waals surface area contributed by atoms with Crippen LogP contribution in [-0.4, -0.2) is 33.5 Å². The molecule has 0 aliphatic carbocycles. The number of aryl methyl sites for hydroxylation is 1. The van der Waals surface area contributed by atoms with Gasteiger partial charge in [0.25, 0.3) is 11.8 Å². The van der Waals surface area contributed by atoms with Gasteiger partial charge in [-0.15, -0.1) is 0 Å². The predicted octanol–water partition coefficient (Wildman–Crippen LogP) is 4.09. The molecule has 1 aliphatic heterocycles. The number of halogens is 1. The molecule has 0 radical (unpaired) electrons. The number of carbonyl (C=O) groups excluding carboxylic acids is 3. The second-order valence-electron chi connectivity index (χ2n) is 6.86. The van der Waals surface area contributed by atoms with Gasteiger partial charge in [0.2, 0.25) is 5.91 Å². The van der Waals surface area contributed by atoms with E-state index in [4.69, 9.17) is 23.8 Å². The second kappa shape index (κ2) is 10.6. The van der Waals surface area contributed by atoms with E-state index in [0.717, 1.165) is 11.1 Å². The Morgan fingerprint density at radius 1 is 1.10 bits per heavy atom. The predicted molar refractivity (Wildman–Crippen MR) is 127 cm³/mol. The molecule has 1 aliphatic rings. The third-order valence-corrected chi connectivity index (χ3v) is 6.09. The smallest absolute Gasteiger partial charge is 0.269 e. The van der Waals surface area contributed by atoms with Crippen molar-refractivity contribution in [1.29, 1.82) is 0 Å². The molecule has 2 aromatic rings. The number of thiocarbonyl (C=S) groups is 1. The summed E-state index contributed by atoms with van der Waals surface area (Å²) in [6, 6.07) is 14.2. The molecule has 0 spiro atoms. The van der Waals surface area contributed by atoms with Crippen molar-refractivity contribution < 1.29 is 14.4 Å². The van der Waals surface area contributed by atoms with Crippen molar-refractivity contribution >= 4 is 63.7 Å². The monoisotopic (exact) mass is 473 g/mol. The molecule has 0 saturated carbocycles. The van der Waals surface area contributed by atoms with Gasteiger partial charge in [-0.1, -0.05) is 65.4 Å². The van der Waals surface area contributed by atoms with Crippen molar-refractivity contribution in [2.24, 2.45) is 0 Å². The van der Waals surface area contributed by atoms with Crippen molar-refractivity contribution in [2.75, 3.05) is 6.54 Å². The van der Waals surface area contributed by atoms with Gasteiger partial charge >= 0.3 is 0 Å². The molecule has 2 N–H and O–H groups in total. The van der Waals surface area contributed by atoms with E-state index in [-0.39, 0.29) is 18.2 Å². The van der Waals surface area contributed by atoms with E-state index in [1.807, 2.05) is 37.3 Å². The highest BCUT2D eigenvalue weighted by Gasteiger charge is 2.31. The molecule has 6 nitrogen and oxygen atoms in total. The maximum Gasteiger partial charge on any atom is 0.269 e. The molecule has 31 heavy (non-hydrogen) atoms. The van der Waals surface area contributed by atoms with Crippen LogP contribution in [0.5, 0.6) is 0 Å². The molecule has 1 heterocycles. The average Bonchev–Trinajstić information content (AvgIpc) is 3.01. The fourth-order valence-corrected chi connectivity index (χ4v) is 4.20. The molecule has 1 fully saturated rings. The summed E-state index contributed by atoms with van der Waals surface area (Å²) in [5.41, 5.74) is 7.17. The van der Waals surface area contributed by atoms with Gasteiger partial charge in [0.15, 0.2) is 0 Å². The summed E-state index contributed by atoms with van der Waals surface area (Å²) in [6.07, 6.45) is 2.36. The van der Waals surface area contributed by atoms with Gasteiger partial charge in [-0.25, -0.2) is 0 Å². The van der Waals surface area contributed by atoms with Crippen LogP contribution in [0.25, 0.3) is 6.08 Å². The first-order valence-corrected chi connectivity index (χ1v) is 11.1. The minimum atomic E-state index is -0.441. The second-order valence-corrected chi connectivity index (χ2v) is 8.97. The van der Waals surface area contributed by atoms with Gasteiger partial charge in [-0.2, -0.15) is 0 Å². The van der Waals surface area contributed by atoms with E-state index >= 15 is 0 Å². The minimum absolute atomic E-state index is 0.134. The van der Waals surface area contributed by atoms with Gasteiger partial charge < -0.3 is 0 Å². The van der Waals surface area contributed by atoms with Crippen molar-refractivity contribution in [2.45, 2.75) is 19.8 Å². The normalized spacial score (nSPS) is 14.8. The van der Waals surface area contributed by atoms with Crippen LogP contribution in [0, 0.1) is 6.92 Å². The summed E-state index contributed by atoms with van der Waals surface area (Å²) in [6.45, 7) is 2.33. The lowest BCUT2D eigenvalue weighted by molar-refractivity contribution is -0.124. The van der Waals surface area contributed by atoms with E-state index in [1.165, 1.54) is 16.7 Å². The van der Waals surface area contributed by atoms with Gasteiger partial charge in [0, 0.05) is 23.6 Å². The quantitative estimate of drug-likeness (QED) is 0.375. The summed E-state index contributed by atoms with van der Waals surface area (Å²) in [7, 11) is 0. The molecule has 0 aromatic heterocycles. The molecule has 2 aromatic carbocycles. The Kier molecular flexibility index (Phi) is 7.84. The van der Waals surface area contributed by atoms with Gasteiger partial charge in [0.1, 0.15) is 4.32 Å². The van der Waals surface area contributed by atoms with Crippen LogP contribution >= 0.6 is 35.6 Å². The Labute approximate surface area is 195 Å². The molecule has 1 saturated heterocycles. The van der Waals surface area contributed by atoms with Crippen LogP contribution in [0.15, 0.2) is 53.4 Å². The fraction of sp³-hybridized carbons (Fsp3) is 0.182. The van der Waals surface area contributed by atoms with E-state index in [2.05, 4.69) is 10.9 Å². The SMILES string of the molecule is Cc1ccc(/C=C2\SC(=S)N(CCCC(=O)NNC(=O)c3ccc(Cl)cc3)C2=O)cc1. The highest BCUT2D eigenvalue weighted by Crippen LogP contribution is 2.32. The largest absolute Gasteiger partial charge is 0.293 e. The van der Waals surface area contributed by atoms with Crippen LogP contribution in [0.1, 0.15) is 34.3 Å². The zero-order valence-corrected chi connectivity index (χ0v) is 19.1. The van der Waals surface area contributed by atoms with Crippen molar-refractivity contribution in [3.8, 4) is 0 Å². The highest BCUT2D eigenvalue weighted by molar-refractivity contribution is 8.26. The number of nitrogens with one attached hydrogen (secondary N) is 2. The Balaban J connectivity index is 1.45. The molecule has 160 valence electrons. The number of hydrogen-bond acceptors (Lipinski definition) is 5. The maximum absolute atomic E-state index is 12.6. The minimum Gasteiger partial charge on any atom is -0.293 e. The number of nitrogens with zero attached hydrogens (tertiary/aromatic N) is 1. The van der Waals surface area contributed by atoms with Crippen LogP contribution < -0.4 is 10.9 Å². The highest BCUT2D eigenvalue weighted by atomic mass is 35.5. The van der Waals surface area contributed by atoms with Crippen LogP contribution in [0.2, 0.25) is 5.02 Å². The van der Waals surface area contributed by atoms with E-state index in [9.17, 15) is 14.4 Å². The number of rotatable bonds is 6. The van der Waals surface area contributed by atoms with Gasteiger partial charge in [-0.05, 0) is 49.2 Å². The number of carbonyl (C=O) groups is 3. The molecular weight excluding hydrogens is 454 g/mol. The molecular formula is C22H20ClN3O3S2. The number of hydrogen-bond donors (Lipinski definition) is 2. The Bertz CT molecular complexity index is 1040. The first-order valence-electron chi connectivity index (χ1n) is 9.50. The molecule has 0 bridgehead atoms. The summed E-state index contributed by atoms with van der Waals surface area (Å²) < 4.78 is 0.472. The zero-order chi connectivity index (χ0) is 22.4. The molecule has 3 amide bonds. The van der Waals surface area contributed by atoms with E-state index < -0.39 is 5.91 Å². The number of benzene rings is 2. The lowest BCUT2D eigenvalue weighted by atomic mass is 10.1. The number of amides is 3. The van der Waals surface area contributed by atoms with Crippen molar-refractivity contribution in [3.63, 3.8) is 0 Å². The third-order valence-electron chi connectivity index (χ3n) is 4.46. The number of hydrazine groups is 1. The Morgan fingerprint density at radius 2 is 1.77 bits per heavy atom. The Hall–Kier alpha value is -2.68. The average molecular weight is 474 g/mol. The van der Waals surface area contributed by atoms with Gasteiger partial charge in [0.05, 0.1) is 4.91 Å². The van der Waals surface area contributed by atoms with E-state index in [0.29, 0.717) is 32.8 Å². The summed E-state index contributed by atoms with van der Waals surface area (Å²) >= 11 is 12.4. The zero-order valence-electron chi connectivity index (χ0n) is 16.7. The topological polar surface area (TPSA) is 78.5 Å². The van der Waals surface area contributed by atoms with Crippen LogP contribution in [-0.2, 0) is 9.59 Å². The summed E-state index contributed by atoms with van der Waals surface area (Å²) in [4.78, 5) is 38.7. The first kappa shape index (κ1) is 23.0. The van der Waals surface area contributed by atoms with Crippen molar-refractivity contribution in [1.82, 2.24) is 15.8 Å².